The SMILES string of the molecule is CC(C)(C)c1ccc([C@]2(O)C[C@@]3(C)[C@@H](CCC34OCCO4)[C@@H]3CC=C4CC5(CC[C@]4(C)[C@H]32)OCCO5)cc1.C[C@]12CC(=O)[C@H]3[C@@H](C[C@@H]4O[C@@]45CC4(CC[C@]35C)OCCO4)[C@@H]1CCC21OCCO1.C[C@]12CC(=O)[C@H]3[C@@H](C[C@H]4O[C@]45CC4(CC[C@]35C)OCCO4)[C@@H]1CCC21OCCO1.C[C@]12C[C@H](O)[C@H]3[C@@H](C[C@H]4O[C@]45CC4(CC[C@]35C)OCCO4)[C@@H]1CCC21OCCO1. The number of allylic oxidation sites excluding steroid dienone is 1. The van der Waals surface area contributed by atoms with E-state index in [2.05, 4.69) is 107 Å². The number of benzene rings is 1. The number of rotatable bonds is 1. The Balaban J connectivity index is 0.0000000917. The van der Waals surface area contributed by atoms with Crippen molar-refractivity contribution < 1.29 is 110 Å². The summed E-state index contributed by atoms with van der Waals surface area (Å²) < 4.78 is 119. The second-order valence-corrected chi connectivity index (χ2v) is 48.6. The molecule has 1 aromatic carbocycles. The number of fused-ring (bicyclic) bond motifs is 21. The number of ether oxygens (including phenoxy) is 19. The van der Waals surface area contributed by atoms with Gasteiger partial charge in [0.05, 0.1) is 136 Å². The average Bonchev–Trinajstić information content (AvgIpc) is 1.50. The number of carbonyl (C=O) groups is 2. The lowest BCUT2D eigenvalue weighted by atomic mass is 9.42. The van der Waals surface area contributed by atoms with Crippen molar-refractivity contribution in [2.75, 3.05) is 106 Å². The lowest BCUT2D eigenvalue weighted by molar-refractivity contribution is -0.281. The third-order valence-corrected chi connectivity index (χ3v) is 43.3. The molecule has 28 atom stereocenters. The Morgan fingerprint density at radius 1 is 0.360 bits per heavy atom. The van der Waals surface area contributed by atoms with Crippen molar-refractivity contribution >= 4 is 11.6 Å². The number of hydrogen-bond donors (Lipinski definition) is 2. The van der Waals surface area contributed by atoms with Gasteiger partial charge in [0.1, 0.15) is 28.4 Å². The van der Waals surface area contributed by atoms with E-state index in [-0.39, 0.29) is 114 Å². The highest BCUT2D eigenvalue weighted by Crippen LogP contribution is 2.82. The van der Waals surface area contributed by atoms with E-state index in [0.717, 1.165) is 166 Å². The second-order valence-electron chi connectivity index (χ2n) is 48.6. The lowest BCUT2D eigenvalue weighted by Crippen LogP contribution is -2.65. The molecule has 23 heteroatoms. The van der Waals surface area contributed by atoms with Crippen LogP contribution in [0.5, 0.6) is 0 Å². The molecule has 125 heavy (non-hydrogen) atoms. The normalized spacial score (nSPS) is 52.8. The van der Waals surface area contributed by atoms with Gasteiger partial charge in [0.25, 0.3) is 0 Å². The Morgan fingerprint density at radius 3 is 1.14 bits per heavy atom. The van der Waals surface area contributed by atoms with E-state index in [4.69, 9.17) is 90.0 Å². The van der Waals surface area contributed by atoms with Gasteiger partial charge in [-0.2, -0.15) is 0 Å². The summed E-state index contributed by atoms with van der Waals surface area (Å²) in [5.41, 5.74) is 1.10. The van der Waals surface area contributed by atoms with Gasteiger partial charge < -0.3 is 100 Å². The molecule has 0 bridgehead atoms. The molecular formula is C102H144O23. The summed E-state index contributed by atoms with van der Waals surface area (Å²) in [6, 6.07) is 8.91. The molecule has 11 heterocycles. The Hall–Kier alpha value is -2.54. The van der Waals surface area contributed by atoms with E-state index in [1.165, 1.54) is 11.1 Å². The van der Waals surface area contributed by atoms with Crippen molar-refractivity contribution in [3.05, 3.63) is 47.0 Å². The zero-order chi connectivity index (χ0) is 85.7. The fraction of sp³-hybridized carbons (Fsp3) is 0.902. The number of hydrogen-bond acceptors (Lipinski definition) is 23. The number of epoxide rings is 3. The summed E-state index contributed by atoms with van der Waals surface area (Å²) in [7, 11) is 0. The zero-order valence-corrected chi connectivity index (χ0v) is 76.7. The molecule has 11 aliphatic heterocycles. The molecule has 23 nitrogen and oxygen atoms in total. The van der Waals surface area contributed by atoms with Gasteiger partial charge in [-0.05, 0) is 165 Å². The second kappa shape index (κ2) is 27.2. The van der Waals surface area contributed by atoms with Crippen molar-refractivity contribution in [2.45, 2.75) is 354 Å². The highest BCUT2D eigenvalue weighted by Gasteiger charge is 2.86. The van der Waals surface area contributed by atoms with E-state index in [0.29, 0.717) is 184 Å². The molecule has 0 amide bonds. The van der Waals surface area contributed by atoms with Crippen LogP contribution in [0.15, 0.2) is 35.9 Å². The van der Waals surface area contributed by atoms with Gasteiger partial charge in [0, 0.05) is 146 Å². The summed E-state index contributed by atoms with van der Waals surface area (Å²) in [6.07, 6.45) is 28.3. The quantitative estimate of drug-likeness (QED) is 0.196. The van der Waals surface area contributed by atoms with E-state index in [1.54, 1.807) is 0 Å². The molecule has 28 rings (SSSR count). The Bertz CT molecular complexity index is 4370. The van der Waals surface area contributed by atoms with Crippen LogP contribution in [-0.4, -0.2) is 215 Å². The predicted molar refractivity (Wildman–Crippen MR) is 449 cm³/mol. The first kappa shape index (κ1) is 84.2. The minimum atomic E-state index is -0.977. The summed E-state index contributed by atoms with van der Waals surface area (Å²) >= 11 is 0. The van der Waals surface area contributed by atoms with Gasteiger partial charge in [0.15, 0.2) is 46.3 Å². The van der Waals surface area contributed by atoms with Gasteiger partial charge in [-0.15, -0.1) is 0 Å². The zero-order valence-electron chi connectivity index (χ0n) is 76.7. The van der Waals surface area contributed by atoms with Gasteiger partial charge in [0.2, 0.25) is 0 Å². The smallest absolute Gasteiger partial charge is 0.174 e. The van der Waals surface area contributed by atoms with Crippen LogP contribution in [0.3, 0.4) is 0 Å². The van der Waals surface area contributed by atoms with E-state index >= 15 is 0 Å². The Morgan fingerprint density at radius 2 is 0.712 bits per heavy atom. The van der Waals surface area contributed by atoms with E-state index < -0.39 is 51.9 Å². The van der Waals surface area contributed by atoms with Crippen LogP contribution in [0.2, 0.25) is 0 Å². The number of ketones is 2. The van der Waals surface area contributed by atoms with Crippen LogP contribution < -0.4 is 0 Å². The molecule has 11 saturated heterocycles. The van der Waals surface area contributed by atoms with Crippen LogP contribution in [-0.2, 0) is 111 Å². The molecule has 0 aromatic heterocycles. The Labute approximate surface area is 739 Å². The maximum absolute atomic E-state index is 13.8. The summed E-state index contributed by atoms with van der Waals surface area (Å²) in [6.45, 7) is 36.2. The number of aliphatic hydroxyl groups is 2. The van der Waals surface area contributed by atoms with Crippen LogP contribution in [0.4, 0.5) is 0 Å². The largest absolute Gasteiger partial charge is 0.393 e. The van der Waals surface area contributed by atoms with Crippen LogP contribution in [0, 0.1) is 114 Å². The third kappa shape index (κ3) is 10.9. The van der Waals surface area contributed by atoms with E-state index in [9.17, 15) is 19.8 Å². The number of carbonyl (C=O) groups excluding carboxylic acids is 2. The molecule has 0 radical (unpaired) electrons. The highest BCUT2D eigenvalue weighted by molar-refractivity contribution is 5.86. The van der Waals surface area contributed by atoms with Gasteiger partial charge in [-0.25, -0.2) is 0 Å². The molecule has 11 spiro atoms. The molecule has 27 aliphatic rings. The van der Waals surface area contributed by atoms with Crippen molar-refractivity contribution in [2.24, 2.45) is 114 Å². The number of aliphatic hydroxyl groups excluding tert-OH is 1. The predicted octanol–water partition coefficient (Wildman–Crippen LogP) is 14.5. The first-order chi connectivity index (χ1) is 59.6. The van der Waals surface area contributed by atoms with Crippen molar-refractivity contribution in [1.29, 1.82) is 0 Å². The maximum atomic E-state index is 13.8. The highest BCUT2D eigenvalue weighted by atomic mass is 16.8. The van der Waals surface area contributed by atoms with Crippen LogP contribution in [0.1, 0.15) is 267 Å². The van der Waals surface area contributed by atoms with Crippen LogP contribution >= 0.6 is 0 Å². The minimum Gasteiger partial charge on any atom is -0.393 e. The maximum Gasteiger partial charge on any atom is 0.174 e. The standard InChI is InChI=1S/C33H46O5.C23H34O6.2C23H32O6/c1-28(2,3)22-6-8-23(9-7-22)32(34)21-30(5)26(12-13-33(30)37-18-19-38-33)25-11-10-24-20-31(35-16-17-36-31)15-14-29(24,4)27(25)32;3*1-19-5-6-21(25-7-8-26-21)13-22(19)17(29-22)11-14-15-3-4-23(27-9-10-28-23)20(15,2)12-16(24)18(14)19/h6-10,25-27,34H,11-21H2,1-5H3;14-18,24H,3-13H2,1-2H3;2*14-15,17-18H,3-13H2,1-2H3/t25-,26-,27-,29-,30-,32+;14-,15-,16-,17+,18+,19+,20-,22+;14-,15-,17+,18+,19+,20-,22+;14-,15-,17-,18+,19+,20-,22-/m0000/s1. The minimum absolute atomic E-state index is 0.0188. The molecule has 26 fully saturated rings. The fourth-order valence-corrected chi connectivity index (χ4v) is 37.6. The first-order valence-corrected chi connectivity index (χ1v) is 50.1. The van der Waals surface area contributed by atoms with Crippen molar-refractivity contribution in [3.8, 4) is 0 Å². The van der Waals surface area contributed by atoms with Gasteiger partial charge in [-0.1, -0.05) is 112 Å². The molecular weight excluding hydrogens is 1590 g/mol. The summed E-state index contributed by atoms with van der Waals surface area (Å²) in [4.78, 5) is 27.6. The van der Waals surface area contributed by atoms with Crippen LogP contribution in [0.25, 0.3) is 0 Å². The van der Waals surface area contributed by atoms with Gasteiger partial charge in [-0.3, -0.25) is 9.59 Å². The third-order valence-electron chi connectivity index (χ3n) is 43.3. The fourth-order valence-electron chi connectivity index (χ4n) is 37.6. The first-order valence-electron chi connectivity index (χ1n) is 50.1. The van der Waals surface area contributed by atoms with E-state index in [1.807, 2.05) is 0 Å². The lowest BCUT2D eigenvalue weighted by Gasteiger charge is -2.65. The molecule has 16 aliphatic carbocycles. The molecule has 1 aromatic rings. The molecule has 15 saturated carbocycles. The average molecular weight is 1740 g/mol. The Kier molecular flexibility index (Phi) is 18.3. The monoisotopic (exact) mass is 1740 g/mol. The van der Waals surface area contributed by atoms with Crippen molar-refractivity contribution in [1.82, 2.24) is 0 Å². The molecule has 690 valence electrons. The van der Waals surface area contributed by atoms with Crippen molar-refractivity contribution in [3.63, 3.8) is 0 Å². The summed E-state index contributed by atoms with van der Waals surface area (Å²) in [5.74, 6) is 0.912. The number of Topliss-reactive ketones (excluding diaryl/α,β-unsaturated/α-hetero) is 2. The topological polar surface area (TPSA) is 260 Å². The molecule has 2 N–H and O–H groups in total. The summed E-state index contributed by atoms with van der Waals surface area (Å²) in [5, 5.41) is 24.9. The van der Waals surface area contributed by atoms with Gasteiger partial charge >= 0.3 is 0 Å². The molecule has 0 unspecified atom stereocenters.